The van der Waals surface area contributed by atoms with E-state index in [0.29, 0.717) is 13.0 Å². The van der Waals surface area contributed by atoms with Crippen molar-refractivity contribution in [2.75, 3.05) is 6.61 Å². The van der Waals surface area contributed by atoms with Crippen molar-refractivity contribution in [3.8, 4) is 0 Å². The van der Waals surface area contributed by atoms with Crippen LogP contribution in [0.1, 0.15) is 284 Å². The van der Waals surface area contributed by atoms with Gasteiger partial charge in [0.05, 0.1) is 6.61 Å². The predicted octanol–water partition coefficient (Wildman–Crippen LogP) is 17.8. The number of carbonyl (C=O) groups excluding carboxylic acids is 1. The van der Waals surface area contributed by atoms with Gasteiger partial charge >= 0.3 is 5.97 Å². The van der Waals surface area contributed by atoms with Crippen LogP contribution in [0.2, 0.25) is 0 Å². The van der Waals surface area contributed by atoms with E-state index in [1.54, 1.807) is 0 Å². The van der Waals surface area contributed by atoms with Crippen molar-refractivity contribution >= 4 is 5.97 Å². The Labute approximate surface area is 323 Å². The summed E-state index contributed by atoms with van der Waals surface area (Å²) in [6.07, 6.45) is 60.6. The molecule has 0 aliphatic rings. The van der Waals surface area contributed by atoms with Crippen LogP contribution in [-0.2, 0) is 9.53 Å². The second-order valence-electron chi connectivity index (χ2n) is 16.9. The summed E-state index contributed by atoms with van der Waals surface area (Å²) in [5, 5.41) is 0. The fourth-order valence-electron chi connectivity index (χ4n) is 7.50. The Bertz CT molecular complexity index is 667. The van der Waals surface area contributed by atoms with Crippen molar-refractivity contribution < 1.29 is 9.53 Å². The van der Waals surface area contributed by atoms with Gasteiger partial charge in [0.25, 0.3) is 0 Å². The van der Waals surface area contributed by atoms with Crippen molar-refractivity contribution in [2.24, 2.45) is 5.92 Å². The Morgan fingerprint density at radius 1 is 0.392 bits per heavy atom. The van der Waals surface area contributed by atoms with E-state index >= 15 is 0 Å². The maximum Gasteiger partial charge on any atom is 0.305 e. The van der Waals surface area contributed by atoms with Gasteiger partial charge < -0.3 is 4.74 Å². The third kappa shape index (κ3) is 47.2. The fourth-order valence-corrected chi connectivity index (χ4v) is 7.50. The first-order valence-electron chi connectivity index (χ1n) is 24.0. The Balaban J connectivity index is 3.14. The highest BCUT2D eigenvalue weighted by Crippen LogP contribution is 2.17. The molecule has 2 heteroatoms. The number of ether oxygens (including phenoxy) is 1. The fraction of sp³-hybridized carbons (Fsp3) is 0.939. The van der Waals surface area contributed by atoms with Gasteiger partial charge in [-0.1, -0.05) is 251 Å². The number of hydrogen-bond donors (Lipinski definition) is 0. The number of allylic oxidation sites excluding steroid dienone is 2. The molecule has 0 rings (SSSR count). The number of unbranched alkanes of at least 4 members (excludes halogenated alkanes) is 36. The smallest absolute Gasteiger partial charge is 0.305 e. The van der Waals surface area contributed by atoms with Gasteiger partial charge in [-0.25, -0.2) is 0 Å². The summed E-state index contributed by atoms with van der Waals surface area (Å²) >= 11 is 0. The Morgan fingerprint density at radius 2 is 0.686 bits per heavy atom. The molecule has 0 spiro atoms. The van der Waals surface area contributed by atoms with Gasteiger partial charge in [-0.05, 0) is 44.4 Å². The van der Waals surface area contributed by atoms with E-state index in [0.717, 1.165) is 25.2 Å². The van der Waals surface area contributed by atoms with Gasteiger partial charge in [0, 0.05) is 6.42 Å². The summed E-state index contributed by atoms with van der Waals surface area (Å²) in [4.78, 5) is 12.0. The van der Waals surface area contributed by atoms with Gasteiger partial charge in [-0.2, -0.15) is 0 Å². The highest BCUT2D eigenvalue weighted by atomic mass is 16.5. The molecule has 0 saturated heterocycles. The average Bonchev–Trinajstić information content (AvgIpc) is 3.12. The molecule has 2 nitrogen and oxygen atoms in total. The van der Waals surface area contributed by atoms with E-state index in [4.69, 9.17) is 4.74 Å². The van der Waals surface area contributed by atoms with E-state index < -0.39 is 0 Å². The van der Waals surface area contributed by atoms with Crippen LogP contribution in [0.25, 0.3) is 0 Å². The highest BCUT2D eigenvalue weighted by Gasteiger charge is 2.03. The van der Waals surface area contributed by atoms with Crippen molar-refractivity contribution in [1.29, 1.82) is 0 Å². The lowest BCUT2D eigenvalue weighted by Gasteiger charge is -2.06. The van der Waals surface area contributed by atoms with Crippen LogP contribution < -0.4 is 0 Å². The molecule has 0 aromatic carbocycles. The molecule has 0 saturated carbocycles. The van der Waals surface area contributed by atoms with Crippen LogP contribution in [0.3, 0.4) is 0 Å². The number of rotatable bonds is 44. The summed E-state index contributed by atoms with van der Waals surface area (Å²) in [7, 11) is 0. The van der Waals surface area contributed by atoms with Crippen LogP contribution in [0.15, 0.2) is 12.2 Å². The molecular formula is C49H96O2. The predicted molar refractivity (Wildman–Crippen MR) is 230 cm³/mol. The van der Waals surface area contributed by atoms with Crippen molar-refractivity contribution in [3.63, 3.8) is 0 Å². The van der Waals surface area contributed by atoms with Gasteiger partial charge in [0.2, 0.25) is 0 Å². The lowest BCUT2D eigenvalue weighted by atomic mass is 10.0. The van der Waals surface area contributed by atoms with Crippen LogP contribution in [0, 0.1) is 5.92 Å². The normalized spacial score (nSPS) is 11.8. The molecule has 0 bridgehead atoms. The highest BCUT2D eigenvalue weighted by molar-refractivity contribution is 5.69. The molecule has 0 aliphatic heterocycles. The van der Waals surface area contributed by atoms with Gasteiger partial charge in [-0.15, -0.1) is 0 Å². The standard InChI is InChI=1S/C49H96O2/c1-4-5-6-7-8-9-10-27-31-34-37-40-43-46-49(50)51-47-44-41-38-35-32-29-26-24-22-20-18-16-14-12-11-13-15-17-19-21-23-25-28-30-33-36-39-42-45-48(2)3/h9-10,48H,4-8,11-47H2,1-3H3/b10-9-. The van der Waals surface area contributed by atoms with E-state index in [1.807, 2.05) is 0 Å². The quantitative estimate of drug-likeness (QED) is 0.0356. The molecule has 0 radical (unpaired) electrons. The first-order valence-corrected chi connectivity index (χ1v) is 24.0. The third-order valence-corrected chi connectivity index (χ3v) is 11.1. The maximum atomic E-state index is 12.0. The van der Waals surface area contributed by atoms with E-state index in [1.165, 1.54) is 238 Å². The molecule has 0 unspecified atom stereocenters. The molecule has 0 aromatic rings. The van der Waals surface area contributed by atoms with Crippen molar-refractivity contribution in [3.05, 3.63) is 12.2 Å². The summed E-state index contributed by atoms with van der Waals surface area (Å²) in [5.74, 6) is 0.908. The minimum absolute atomic E-state index is 0.0197. The molecule has 0 heterocycles. The van der Waals surface area contributed by atoms with E-state index in [2.05, 4.69) is 32.9 Å². The number of hydrogen-bond acceptors (Lipinski definition) is 2. The monoisotopic (exact) mass is 717 g/mol. The number of esters is 1. The average molecular weight is 717 g/mol. The Hall–Kier alpha value is -0.790. The molecule has 0 aliphatic carbocycles. The lowest BCUT2D eigenvalue weighted by molar-refractivity contribution is -0.143. The zero-order valence-electron chi connectivity index (χ0n) is 35.7. The Morgan fingerprint density at radius 3 is 1.04 bits per heavy atom. The molecule has 0 fully saturated rings. The van der Waals surface area contributed by atoms with Crippen molar-refractivity contribution in [2.45, 2.75) is 284 Å². The summed E-state index contributed by atoms with van der Waals surface area (Å²) in [6, 6.07) is 0. The molecular weight excluding hydrogens is 621 g/mol. The van der Waals surface area contributed by atoms with Crippen molar-refractivity contribution in [1.82, 2.24) is 0 Å². The lowest BCUT2D eigenvalue weighted by Crippen LogP contribution is -2.05. The molecule has 51 heavy (non-hydrogen) atoms. The molecule has 304 valence electrons. The first-order chi connectivity index (χ1) is 25.2. The molecule has 0 atom stereocenters. The largest absolute Gasteiger partial charge is 0.466 e. The molecule has 0 N–H and O–H groups in total. The summed E-state index contributed by atoms with van der Waals surface area (Å²) in [5.41, 5.74) is 0. The van der Waals surface area contributed by atoms with Crippen LogP contribution >= 0.6 is 0 Å². The molecule has 0 aromatic heterocycles. The SMILES string of the molecule is CCCCCC/C=C\CCCCCCCC(=O)OCCCCCCCCCCCCCCCCCCCCCCCCCCCCCCC(C)C. The van der Waals surface area contributed by atoms with Gasteiger partial charge in [0.1, 0.15) is 0 Å². The first kappa shape index (κ1) is 50.2. The summed E-state index contributed by atoms with van der Waals surface area (Å²) in [6.45, 7) is 7.59. The van der Waals surface area contributed by atoms with Gasteiger partial charge in [-0.3, -0.25) is 4.79 Å². The van der Waals surface area contributed by atoms with Crippen LogP contribution in [0.5, 0.6) is 0 Å². The molecule has 0 amide bonds. The number of carbonyl (C=O) groups is 1. The zero-order chi connectivity index (χ0) is 37.0. The second kappa shape index (κ2) is 45.4. The van der Waals surface area contributed by atoms with Crippen LogP contribution in [0.4, 0.5) is 0 Å². The maximum absolute atomic E-state index is 12.0. The zero-order valence-corrected chi connectivity index (χ0v) is 35.7. The summed E-state index contributed by atoms with van der Waals surface area (Å²) < 4.78 is 5.47. The minimum Gasteiger partial charge on any atom is -0.466 e. The topological polar surface area (TPSA) is 26.3 Å². The van der Waals surface area contributed by atoms with E-state index in [9.17, 15) is 4.79 Å². The van der Waals surface area contributed by atoms with Crippen LogP contribution in [-0.4, -0.2) is 12.6 Å². The van der Waals surface area contributed by atoms with E-state index in [-0.39, 0.29) is 5.97 Å². The minimum atomic E-state index is 0.0197. The van der Waals surface area contributed by atoms with Gasteiger partial charge in [0.15, 0.2) is 0 Å². The third-order valence-electron chi connectivity index (χ3n) is 11.1. The second-order valence-corrected chi connectivity index (χ2v) is 16.9. The Kier molecular flexibility index (Phi) is 44.7.